The molecule has 1 fully saturated rings. The van der Waals surface area contributed by atoms with Crippen molar-refractivity contribution in [3.8, 4) is 0 Å². The van der Waals surface area contributed by atoms with E-state index >= 15 is 0 Å². The van der Waals surface area contributed by atoms with Gasteiger partial charge in [0.15, 0.2) is 0 Å². The zero-order chi connectivity index (χ0) is 20.6. The Kier molecular flexibility index (Phi) is 5.29. The topological polar surface area (TPSA) is 70.8 Å². The van der Waals surface area contributed by atoms with E-state index in [9.17, 15) is 13.2 Å². The molecule has 0 amide bonds. The number of benzene rings is 2. The van der Waals surface area contributed by atoms with Gasteiger partial charge in [-0.3, -0.25) is 4.90 Å². The Bertz CT molecular complexity index is 1190. The zero-order valence-corrected chi connectivity index (χ0v) is 17.4. The highest BCUT2D eigenvalue weighted by molar-refractivity contribution is 7.89. The van der Waals surface area contributed by atoms with E-state index in [-0.39, 0.29) is 5.63 Å². The van der Waals surface area contributed by atoms with Crippen LogP contribution in [-0.2, 0) is 16.6 Å². The van der Waals surface area contributed by atoms with Crippen LogP contribution < -0.4 is 5.63 Å². The van der Waals surface area contributed by atoms with Crippen molar-refractivity contribution < 1.29 is 12.8 Å². The average molecular weight is 413 g/mol. The molecule has 152 valence electrons. The van der Waals surface area contributed by atoms with E-state index in [1.54, 1.807) is 36.4 Å². The molecule has 0 aliphatic carbocycles. The summed E-state index contributed by atoms with van der Waals surface area (Å²) in [5, 5.41) is 0.937. The Labute approximate surface area is 170 Å². The number of piperazine rings is 1. The van der Waals surface area contributed by atoms with Gasteiger partial charge in [0.1, 0.15) is 5.58 Å². The molecule has 2 aromatic carbocycles. The monoisotopic (exact) mass is 412 g/mol. The van der Waals surface area contributed by atoms with Crippen molar-refractivity contribution in [1.29, 1.82) is 0 Å². The average Bonchev–Trinajstić information content (AvgIpc) is 2.72. The molecular weight excluding hydrogens is 388 g/mol. The Morgan fingerprint density at radius 1 is 0.966 bits per heavy atom. The molecule has 29 heavy (non-hydrogen) atoms. The second-order valence-electron chi connectivity index (χ2n) is 7.47. The number of fused-ring (bicyclic) bond motifs is 1. The second kappa shape index (κ2) is 7.74. The van der Waals surface area contributed by atoms with Crippen molar-refractivity contribution in [3.05, 3.63) is 75.6 Å². The maximum absolute atomic E-state index is 12.8. The highest BCUT2D eigenvalue weighted by Gasteiger charge is 2.28. The van der Waals surface area contributed by atoms with E-state index in [2.05, 4.69) is 4.90 Å². The lowest BCUT2D eigenvalue weighted by Gasteiger charge is -2.34. The predicted molar refractivity (Wildman–Crippen MR) is 112 cm³/mol. The molecule has 0 saturated carbocycles. The number of aryl methyl sites for hydroxylation is 2. The van der Waals surface area contributed by atoms with E-state index in [1.165, 1.54) is 4.31 Å². The Morgan fingerprint density at radius 2 is 1.66 bits per heavy atom. The van der Waals surface area contributed by atoms with E-state index in [0.29, 0.717) is 43.2 Å². The fourth-order valence-corrected chi connectivity index (χ4v) is 5.21. The molecule has 0 radical (unpaired) electrons. The minimum Gasteiger partial charge on any atom is -0.422 e. The van der Waals surface area contributed by atoms with Gasteiger partial charge in [0.05, 0.1) is 4.90 Å². The van der Waals surface area contributed by atoms with Crippen LogP contribution in [0.25, 0.3) is 11.0 Å². The fourth-order valence-electron chi connectivity index (χ4n) is 3.77. The molecule has 7 heteroatoms. The lowest BCUT2D eigenvalue weighted by molar-refractivity contribution is 0.182. The summed E-state index contributed by atoms with van der Waals surface area (Å²) in [7, 11) is -3.47. The normalized spacial score (nSPS) is 16.3. The van der Waals surface area contributed by atoms with Gasteiger partial charge in [-0.2, -0.15) is 4.31 Å². The fraction of sp³-hybridized carbons (Fsp3) is 0.318. The molecule has 0 atom stereocenters. The van der Waals surface area contributed by atoms with E-state index < -0.39 is 10.0 Å². The van der Waals surface area contributed by atoms with Crippen molar-refractivity contribution in [2.75, 3.05) is 26.2 Å². The molecule has 6 nitrogen and oxygen atoms in total. The Morgan fingerprint density at radius 3 is 2.34 bits per heavy atom. The predicted octanol–water partition coefficient (Wildman–Crippen LogP) is 2.92. The van der Waals surface area contributed by atoms with E-state index in [4.69, 9.17) is 4.42 Å². The summed E-state index contributed by atoms with van der Waals surface area (Å²) in [6.45, 7) is 6.61. The smallest absolute Gasteiger partial charge is 0.336 e. The van der Waals surface area contributed by atoms with Crippen molar-refractivity contribution in [1.82, 2.24) is 9.21 Å². The van der Waals surface area contributed by atoms with Gasteiger partial charge in [-0.05, 0) is 42.7 Å². The molecule has 2 heterocycles. The van der Waals surface area contributed by atoms with E-state index in [1.807, 2.05) is 26.0 Å². The quantitative estimate of drug-likeness (QED) is 0.616. The molecule has 1 aliphatic heterocycles. The molecule has 1 saturated heterocycles. The minimum atomic E-state index is -3.47. The number of hydrogen-bond donors (Lipinski definition) is 0. The third-order valence-corrected chi connectivity index (χ3v) is 7.54. The lowest BCUT2D eigenvalue weighted by Crippen LogP contribution is -2.48. The first-order chi connectivity index (χ1) is 13.9. The third kappa shape index (κ3) is 3.85. The molecular formula is C22H24N2O4S. The van der Waals surface area contributed by atoms with Crippen molar-refractivity contribution in [2.45, 2.75) is 25.3 Å². The van der Waals surface area contributed by atoms with E-state index in [0.717, 1.165) is 22.1 Å². The lowest BCUT2D eigenvalue weighted by atomic mass is 10.0. The minimum absolute atomic E-state index is 0.325. The van der Waals surface area contributed by atoms with Crippen molar-refractivity contribution in [2.24, 2.45) is 0 Å². The van der Waals surface area contributed by atoms with Crippen LogP contribution in [0.15, 0.2) is 62.6 Å². The maximum Gasteiger partial charge on any atom is 0.336 e. The first-order valence-corrected chi connectivity index (χ1v) is 11.1. The number of nitrogens with zero attached hydrogens (tertiary/aromatic N) is 2. The van der Waals surface area contributed by atoms with Gasteiger partial charge in [0, 0.05) is 44.2 Å². The largest absolute Gasteiger partial charge is 0.422 e. The van der Waals surface area contributed by atoms with Crippen LogP contribution in [0, 0.1) is 13.8 Å². The first-order valence-electron chi connectivity index (χ1n) is 9.67. The maximum atomic E-state index is 12.8. The summed E-state index contributed by atoms with van der Waals surface area (Å²) in [4.78, 5) is 14.6. The summed E-state index contributed by atoms with van der Waals surface area (Å²) < 4.78 is 32.6. The second-order valence-corrected chi connectivity index (χ2v) is 9.41. The standard InChI is InChI=1S/C22H24N2O4S/c1-16-8-9-20-18(14-21(25)28-22(20)17(16)2)15-23-10-12-24(13-11-23)29(26,27)19-6-4-3-5-7-19/h3-9,14H,10-13,15H2,1-2H3. The van der Waals surface area contributed by atoms with Gasteiger partial charge in [-0.1, -0.05) is 30.3 Å². The Hall–Kier alpha value is -2.48. The van der Waals surface area contributed by atoms with Gasteiger partial charge >= 0.3 is 5.63 Å². The van der Waals surface area contributed by atoms with Crippen LogP contribution in [0.2, 0.25) is 0 Å². The van der Waals surface area contributed by atoms with Crippen LogP contribution in [0.5, 0.6) is 0 Å². The summed E-state index contributed by atoms with van der Waals surface area (Å²) in [5.74, 6) is 0. The van der Waals surface area contributed by atoms with Gasteiger partial charge in [-0.15, -0.1) is 0 Å². The number of sulfonamides is 1. The van der Waals surface area contributed by atoms with Gasteiger partial charge < -0.3 is 4.42 Å². The SMILES string of the molecule is Cc1ccc2c(CN3CCN(S(=O)(=O)c4ccccc4)CC3)cc(=O)oc2c1C. The van der Waals surface area contributed by atoms with Crippen LogP contribution in [0.4, 0.5) is 0 Å². The van der Waals surface area contributed by atoms with Crippen molar-refractivity contribution in [3.63, 3.8) is 0 Å². The van der Waals surface area contributed by atoms with Crippen LogP contribution in [0.1, 0.15) is 16.7 Å². The van der Waals surface area contributed by atoms with Gasteiger partial charge in [-0.25, -0.2) is 13.2 Å². The molecule has 0 bridgehead atoms. The summed E-state index contributed by atoms with van der Waals surface area (Å²) in [5.41, 5.74) is 3.25. The highest BCUT2D eigenvalue weighted by Crippen LogP contribution is 2.25. The van der Waals surface area contributed by atoms with Crippen LogP contribution >= 0.6 is 0 Å². The number of rotatable bonds is 4. The van der Waals surface area contributed by atoms with Crippen molar-refractivity contribution >= 4 is 21.0 Å². The van der Waals surface area contributed by atoms with Crippen LogP contribution in [0.3, 0.4) is 0 Å². The highest BCUT2D eigenvalue weighted by atomic mass is 32.2. The zero-order valence-electron chi connectivity index (χ0n) is 16.6. The molecule has 0 spiro atoms. The van der Waals surface area contributed by atoms with Gasteiger partial charge in [0.25, 0.3) is 0 Å². The molecule has 4 rings (SSSR count). The molecule has 0 N–H and O–H groups in total. The molecule has 1 aromatic heterocycles. The molecule has 0 unspecified atom stereocenters. The summed E-state index contributed by atoms with van der Waals surface area (Å²) >= 11 is 0. The van der Waals surface area contributed by atoms with Crippen LogP contribution in [-0.4, -0.2) is 43.8 Å². The number of hydrogen-bond acceptors (Lipinski definition) is 5. The molecule has 3 aromatic rings. The first kappa shape index (κ1) is 19.8. The molecule has 1 aliphatic rings. The summed E-state index contributed by atoms with van der Waals surface area (Å²) in [6, 6.07) is 14.1. The van der Waals surface area contributed by atoms with Gasteiger partial charge in [0.2, 0.25) is 10.0 Å². The Balaban J connectivity index is 1.52. The third-order valence-electron chi connectivity index (χ3n) is 5.62. The summed E-state index contributed by atoms with van der Waals surface area (Å²) in [6.07, 6.45) is 0.